The van der Waals surface area contributed by atoms with E-state index in [0.717, 1.165) is 0 Å². The van der Waals surface area contributed by atoms with Gasteiger partial charge in [0, 0.05) is 0 Å². The van der Waals surface area contributed by atoms with Gasteiger partial charge in [0.05, 0.1) is 5.60 Å². The number of hydrogen-bond donors (Lipinski definition) is 1. The van der Waals surface area contributed by atoms with E-state index >= 15 is 0 Å². The Morgan fingerprint density at radius 2 is 1.91 bits per heavy atom. The Morgan fingerprint density at radius 1 is 1.36 bits per heavy atom. The van der Waals surface area contributed by atoms with E-state index in [-0.39, 0.29) is 0 Å². The van der Waals surface area contributed by atoms with Crippen LogP contribution in [-0.4, -0.2) is 10.7 Å². The van der Waals surface area contributed by atoms with Gasteiger partial charge in [0.25, 0.3) is 0 Å². The van der Waals surface area contributed by atoms with Gasteiger partial charge < -0.3 is 5.11 Å². The standard InChI is InChI=1S/C10H16O/c1-9(2)7-5-6-8-10(3,4)11/h5,7-8,11H,1-4H3. The maximum absolute atomic E-state index is 9.22. The summed E-state index contributed by atoms with van der Waals surface area (Å²) in [4.78, 5) is 0. The molecule has 11 heavy (non-hydrogen) atoms. The Kier molecular flexibility index (Phi) is 3.88. The molecule has 0 rings (SSSR count). The lowest BCUT2D eigenvalue weighted by molar-refractivity contribution is 0.133. The van der Waals surface area contributed by atoms with Crippen LogP contribution in [0.2, 0.25) is 0 Å². The van der Waals surface area contributed by atoms with Crippen LogP contribution in [0.15, 0.2) is 29.5 Å². The monoisotopic (exact) mass is 152 g/mol. The topological polar surface area (TPSA) is 20.2 Å². The zero-order valence-corrected chi connectivity index (χ0v) is 7.68. The van der Waals surface area contributed by atoms with Gasteiger partial charge in [-0.1, -0.05) is 11.6 Å². The summed E-state index contributed by atoms with van der Waals surface area (Å²) in [5.41, 5.74) is 3.35. The molecule has 1 N–H and O–H groups in total. The SMILES string of the molecule is CC(C)=CC=C=CC(C)(C)O. The molecule has 0 spiro atoms. The van der Waals surface area contributed by atoms with E-state index in [1.54, 1.807) is 26.0 Å². The second-order valence-electron chi connectivity index (χ2n) is 3.38. The lowest BCUT2D eigenvalue weighted by Gasteiger charge is -2.07. The predicted molar refractivity (Wildman–Crippen MR) is 48.4 cm³/mol. The summed E-state index contributed by atoms with van der Waals surface area (Å²) in [6, 6.07) is 0. The number of hydrogen-bond acceptors (Lipinski definition) is 1. The highest BCUT2D eigenvalue weighted by Gasteiger charge is 2.04. The molecule has 0 aromatic carbocycles. The zero-order valence-electron chi connectivity index (χ0n) is 7.68. The van der Waals surface area contributed by atoms with E-state index in [2.05, 4.69) is 5.73 Å². The molecule has 0 unspecified atom stereocenters. The van der Waals surface area contributed by atoms with Crippen molar-refractivity contribution < 1.29 is 5.11 Å². The van der Waals surface area contributed by atoms with Gasteiger partial charge in [0.2, 0.25) is 0 Å². The van der Waals surface area contributed by atoms with Crippen molar-refractivity contribution >= 4 is 0 Å². The maximum atomic E-state index is 9.22. The molecule has 1 heteroatoms. The molecule has 0 aromatic rings. The van der Waals surface area contributed by atoms with E-state index in [1.165, 1.54) is 5.57 Å². The number of aliphatic hydroxyl groups is 1. The van der Waals surface area contributed by atoms with E-state index in [4.69, 9.17) is 0 Å². The van der Waals surface area contributed by atoms with Crippen molar-refractivity contribution in [2.45, 2.75) is 33.3 Å². The average molecular weight is 152 g/mol. The highest BCUT2D eigenvalue weighted by molar-refractivity contribution is 5.09. The van der Waals surface area contributed by atoms with E-state index in [0.29, 0.717) is 0 Å². The molecule has 0 bridgehead atoms. The molecule has 0 aliphatic heterocycles. The van der Waals surface area contributed by atoms with Crippen molar-refractivity contribution in [1.82, 2.24) is 0 Å². The van der Waals surface area contributed by atoms with Crippen LogP contribution in [0, 0.1) is 0 Å². The summed E-state index contributed by atoms with van der Waals surface area (Å²) >= 11 is 0. The summed E-state index contributed by atoms with van der Waals surface area (Å²) in [6.45, 7) is 7.47. The molecule has 0 saturated heterocycles. The van der Waals surface area contributed by atoms with Crippen LogP contribution in [0.3, 0.4) is 0 Å². The Balaban J connectivity index is 4.14. The first-order valence-electron chi connectivity index (χ1n) is 3.71. The van der Waals surface area contributed by atoms with Crippen LogP contribution in [0.4, 0.5) is 0 Å². The minimum Gasteiger partial charge on any atom is -0.386 e. The quantitative estimate of drug-likeness (QED) is 0.476. The van der Waals surface area contributed by atoms with Crippen LogP contribution in [0.1, 0.15) is 27.7 Å². The molecule has 0 heterocycles. The largest absolute Gasteiger partial charge is 0.386 e. The van der Waals surface area contributed by atoms with Crippen molar-refractivity contribution in [2.24, 2.45) is 0 Å². The van der Waals surface area contributed by atoms with Crippen LogP contribution in [0.25, 0.3) is 0 Å². The van der Waals surface area contributed by atoms with Crippen LogP contribution in [0.5, 0.6) is 0 Å². The van der Waals surface area contributed by atoms with Gasteiger partial charge in [-0.2, -0.15) is 0 Å². The second-order valence-corrected chi connectivity index (χ2v) is 3.38. The lowest BCUT2D eigenvalue weighted by Crippen LogP contribution is -2.12. The van der Waals surface area contributed by atoms with Crippen LogP contribution >= 0.6 is 0 Å². The van der Waals surface area contributed by atoms with Gasteiger partial charge in [0.1, 0.15) is 0 Å². The molecular formula is C10H16O. The summed E-state index contributed by atoms with van der Waals surface area (Å²) in [5, 5.41) is 9.22. The van der Waals surface area contributed by atoms with Crippen molar-refractivity contribution in [3.8, 4) is 0 Å². The minimum absolute atomic E-state index is 0.758. The van der Waals surface area contributed by atoms with Gasteiger partial charge in [-0.15, -0.1) is 5.73 Å². The third-order valence-corrected chi connectivity index (χ3v) is 0.949. The third-order valence-electron chi connectivity index (χ3n) is 0.949. The van der Waals surface area contributed by atoms with Gasteiger partial charge in [-0.25, -0.2) is 0 Å². The fourth-order valence-electron chi connectivity index (χ4n) is 0.467. The van der Waals surface area contributed by atoms with Gasteiger partial charge in [0.15, 0.2) is 0 Å². The molecule has 0 radical (unpaired) electrons. The van der Waals surface area contributed by atoms with Crippen molar-refractivity contribution in [2.75, 3.05) is 0 Å². The molecule has 0 aliphatic rings. The van der Waals surface area contributed by atoms with Gasteiger partial charge in [-0.3, -0.25) is 0 Å². The number of allylic oxidation sites excluding steroid dienone is 2. The molecule has 0 fully saturated rings. The maximum Gasteiger partial charge on any atom is 0.0844 e. The van der Waals surface area contributed by atoms with Crippen molar-refractivity contribution in [3.05, 3.63) is 29.5 Å². The van der Waals surface area contributed by atoms with E-state index in [9.17, 15) is 5.11 Å². The average Bonchev–Trinajstić information content (AvgIpc) is 1.78. The highest BCUT2D eigenvalue weighted by Crippen LogP contribution is 2.00. The molecular weight excluding hydrogens is 136 g/mol. The predicted octanol–water partition coefficient (Wildman–Crippen LogP) is 2.43. The van der Waals surface area contributed by atoms with Gasteiger partial charge in [-0.05, 0) is 39.8 Å². The van der Waals surface area contributed by atoms with Crippen LogP contribution in [-0.2, 0) is 0 Å². The molecule has 0 saturated carbocycles. The summed E-state index contributed by atoms with van der Waals surface area (Å²) in [5.74, 6) is 0. The highest BCUT2D eigenvalue weighted by atomic mass is 16.3. The first-order valence-corrected chi connectivity index (χ1v) is 3.71. The Bertz CT molecular complexity index is 193. The fourth-order valence-corrected chi connectivity index (χ4v) is 0.467. The molecule has 0 aliphatic carbocycles. The van der Waals surface area contributed by atoms with E-state index < -0.39 is 5.60 Å². The second kappa shape index (κ2) is 4.17. The third kappa shape index (κ3) is 9.22. The molecule has 1 nitrogen and oxygen atoms in total. The summed E-state index contributed by atoms with van der Waals surface area (Å²) < 4.78 is 0. The fraction of sp³-hybridized carbons (Fsp3) is 0.500. The Morgan fingerprint density at radius 3 is 2.27 bits per heavy atom. The molecule has 62 valence electrons. The van der Waals surface area contributed by atoms with Crippen LogP contribution < -0.4 is 0 Å². The van der Waals surface area contributed by atoms with E-state index in [1.807, 2.05) is 19.9 Å². The summed E-state index contributed by atoms with van der Waals surface area (Å²) in [6.07, 6.45) is 5.38. The van der Waals surface area contributed by atoms with Crippen molar-refractivity contribution in [1.29, 1.82) is 0 Å². The van der Waals surface area contributed by atoms with Gasteiger partial charge >= 0.3 is 0 Å². The van der Waals surface area contributed by atoms with Crippen molar-refractivity contribution in [3.63, 3.8) is 0 Å². The number of rotatable bonds is 2. The Labute approximate surface area is 68.7 Å². The smallest absolute Gasteiger partial charge is 0.0844 e. The molecule has 0 atom stereocenters. The first kappa shape index (κ1) is 10.2. The lowest BCUT2D eigenvalue weighted by atomic mass is 10.1. The molecule has 0 aromatic heterocycles. The minimum atomic E-state index is -0.758. The Hall–Kier alpha value is -0.780. The normalized spacial score (nSPS) is 9.91. The summed E-state index contributed by atoms with van der Waals surface area (Å²) in [7, 11) is 0. The molecule has 0 amide bonds. The zero-order chi connectivity index (χ0) is 8.91. The first-order chi connectivity index (χ1) is 4.92.